The number of alkyl halides is 3. The van der Waals surface area contributed by atoms with E-state index >= 15 is 0 Å². The maximum atomic E-state index is 14.1. The summed E-state index contributed by atoms with van der Waals surface area (Å²) < 4.78 is 46.9. The van der Waals surface area contributed by atoms with Crippen molar-refractivity contribution in [1.82, 2.24) is 19.8 Å². The minimum absolute atomic E-state index is 0.113. The van der Waals surface area contributed by atoms with Crippen LogP contribution in [-0.2, 0) is 17.5 Å². The van der Waals surface area contributed by atoms with Gasteiger partial charge in [-0.3, -0.25) is 14.5 Å². The molecule has 1 aliphatic heterocycles. The van der Waals surface area contributed by atoms with E-state index in [-0.39, 0.29) is 40.7 Å². The van der Waals surface area contributed by atoms with Gasteiger partial charge in [0.1, 0.15) is 11.3 Å². The maximum Gasteiger partial charge on any atom is 0.416 e. The highest BCUT2D eigenvalue weighted by molar-refractivity contribution is 6.08. The Kier molecular flexibility index (Phi) is 8.94. The summed E-state index contributed by atoms with van der Waals surface area (Å²) in [5.41, 5.74) is 1.21. The number of nitrogens with zero attached hydrogens (tertiary/aromatic N) is 3. The van der Waals surface area contributed by atoms with E-state index in [0.717, 1.165) is 12.5 Å². The molecule has 2 amide bonds. The summed E-state index contributed by atoms with van der Waals surface area (Å²) in [6.07, 6.45) is -2.34. The molecule has 2 aromatic heterocycles. The summed E-state index contributed by atoms with van der Waals surface area (Å²) in [6.45, 7) is 3.21. The van der Waals surface area contributed by atoms with Crippen molar-refractivity contribution < 1.29 is 32.3 Å². The number of ether oxygens (including phenoxy) is 1. The Morgan fingerprint density at radius 2 is 1.80 bits per heavy atom. The first kappa shape index (κ1) is 31.7. The van der Waals surface area contributed by atoms with E-state index in [2.05, 4.69) is 25.5 Å². The van der Waals surface area contributed by atoms with Crippen molar-refractivity contribution in [3.63, 3.8) is 0 Å². The number of anilines is 2. The molecule has 0 saturated carbocycles. The van der Waals surface area contributed by atoms with Crippen molar-refractivity contribution in [3.8, 4) is 0 Å². The Morgan fingerprint density at radius 1 is 1.04 bits per heavy atom. The van der Waals surface area contributed by atoms with Crippen LogP contribution in [0.5, 0.6) is 0 Å². The minimum atomic E-state index is -4.64. The molecule has 1 fully saturated rings. The number of pyridine rings is 1. The number of rotatable bonds is 8. The normalized spacial score (nSPS) is 15.4. The van der Waals surface area contributed by atoms with Crippen molar-refractivity contribution >= 4 is 40.2 Å². The number of aryl methyl sites for hydroxylation is 1. The summed E-state index contributed by atoms with van der Waals surface area (Å²) in [5.74, 6) is -1.78. The van der Waals surface area contributed by atoms with E-state index in [1.165, 1.54) is 31.5 Å². The summed E-state index contributed by atoms with van der Waals surface area (Å²) >= 11 is 0. The third-order valence-corrected chi connectivity index (χ3v) is 7.92. The molecule has 5 rings (SSSR count). The summed E-state index contributed by atoms with van der Waals surface area (Å²) in [4.78, 5) is 49.2. The number of aromatic nitrogens is 2. The number of likely N-dealkylation sites (N-methyl/N-ethyl adjacent to an activating group) is 1. The lowest BCUT2D eigenvalue weighted by atomic mass is 10.0. The average Bonchev–Trinajstić information content (AvgIpc) is 3.64. The number of nitrogens with one attached hydrogen (secondary N) is 3. The van der Waals surface area contributed by atoms with Gasteiger partial charge >= 0.3 is 12.1 Å². The van der Waals surface area contributed by atoms with Crippen LogP contribution in [-0.4, -0.2) is 77.9 Å². The number of benzene rings is 2. The summed E-state index contributed by atoms with van der Waals surface area (Å²) in [5, 5.41) is 5.94. The van der Waals surface area contributed by atoms with Crippen molar-refractivity contribution in [2.75, 3.05) is 44.9 Å². The molecule has 1 saturated heterocycles. The fourth-order valence-electron chi connectivity index (χ4n) is 5.39. The molecular weight excluding hydrogens is 589 g/mol. The zero-order valence-electron chi connectivity index (χ0n) is 25.2. The third kappa shape index (κ3) is 7.15. The molecule has 1 aliphatic rings. The molecule has 4 aromatic rings. The molecule has 1 atom stereocenters. The van der Waals surface area contributed by atoms with Gasteiger partial charge in [0.05, 0.1) is 24.6 Å². The van der Waals surface area contributed by atoms with Crippen molar-refractivity contribution in [3.05, 3.63) is 88.2 Å². The largest absolute Gasteiger partial charge is 0.464 e. The predicted octanol–water partition coefficient (Wildman–Crippen LogP) is 5.32. The van der Waals surface area contributed by atoms with Gasteiger partial charge < -0.3 is 25.3 Å². The van der Waals surface area contributed by atoms with E-state index in [1.807, 2.05) is 19.0 Å². The number of aromatic amines is 1. The van der Waals surface area contributed by atoms with Gasteiger partial charge in [0.15, 0.2) is 0 Å². The summed E-state index contributed by atoms with van der Waals surface area (Å²) in [7, 11) is 5.17. The van der Waals surface area contributed by atoms with Crippen molar-refractivity contribution in [2.45, 2.75) is 32.1 Å². The van der Waals surface area contributed by atoms with Crippen LogP contribution >= 0.6 is 0 Å². The van der Waals surface area contributed by atoms with Crippen molar-refractivity contribution in [1.29, 1.82) is 0 Å². The molecule has 0 aliphatic carbocycles. The van der Waals surface area contributed by atoms with Gasteiger partial charge in [-0.15, -0.1) is 0 Å². The number of hydrogen-bond acceptors (Lipinski definition) is 7. The van der Waals surface area contributed by atoms with E-state index in [0.29, 0.717) is 35.4 Å². The lowest BCUT2D eigenvalue weighted by Gasteiger charge is -2.22. The van der Waals surface area contributed by atoms with Gasteiger partial charge in [0, 0.05) is 47.9 Å². The van der Waals surface area contributed by atoms with Gasteiger partial charge in [0.2, 0.25) is 0 Å². The highest BCUT2D eigenvalue weighted by atomic mass is 19.4. The first-order valence-corrected chi connectivity index (χ1v) is 14.2. The monoisotopic (exact) mass is 622 g/mol. The van der Waals surface area contributed by atoms with E-state index in [9.17, 15) is 27.6 Å². The van der Waals surface area contributed by atoms with Crippen LogP contribution in [0.2, 0.25) is 0 Å². The molecule has 236 valence electrons. The number of halogens is 3. The topological polar surface area (TPSA) is 120 Å². The molecule has 13 heteroatoms. The fraction of sp³-hybridized carbons (Fsp3) is 0.312. The second kappa shape index (κ2) is 12.7. The second-order valence-corrected chi connectivity index (χ2v) is 11.3. The summed E-state index contributed by atoms with van der Waals surface area (Å²) in [6, 6.07) is 11.7. The zero-order chi connectivity index (χ0) is 32.5. The van der Waals surface area contributed by atoms with Crippen LogP contribution in [0.25, 0.3) is 11.0 Å². The number of fused-ring (bicyclic) bond motifs is 1. The Balaban J connectivity index is 1.31. The number of H-pyrrole nitrogens is 1. The standard InChI is InChI=1S/C32H33F3N6O4/c1-18-5-8-22(14-25(18)30(43)38-23-11-21-13-27(31(44)45-4)39-28(21)36-15-23)37-29(42)19-6-7-20(26(12-19)32(33,34)35)16-41-10-9-24(17-41)40(2)3/h5-8,11-15,24H,9-10,16-17H2,1-4H3,(H,36,39)(H,37,42)(H,38,43). The van der Waals surface area contributed by atoms with Crippen LogP contribution < -0.4 is 10.6 Å². The first-order chi connectivity index (χ1) is 21.3. The Labute approximate surface area is 257 Å². The van der Waals surface area contributed by atoms with Gasteiger partial charge in [-0.2, -0.15) is 13.2 Å². The molecule has 0 radical (unpaired) electrons. The van der Waals surface area contributed by atoms with Crippen LogP contribution in [0.4, 0.5) is 24.5 Å². The number of amides is 2. The Morgan fingerprint density at radius 3 is 2.49 bits per heavy atom. The van der Waals surface area contributed by atoms with Crippen molar-refractivity contribution in [2.24, 2.45) is 0 Å². The van der Waals surface area contributed by atoms with Gasteiger partial charge in [0.25, 0.3) is 11.8 Å². The molecule has 1 unspecified atom stereocenters. The second-order valence-electron chi connectivity index (χ2n) is 11.3. The van der Waals surface area contributed by atoms with Crippen LogP contribution in [0.3, 0.4) is 0 Å². The average molecular weight is 623 g/mol. The van der Waals surface area contributed by atoms with Gasteiger partial charge in [-0.25, -0.2) is 9.78 Å². The lowest BCUT2D eigenvalue weighted by Crippen LogP contribution is -2.31. The maximum absolute atomic E-state index is 14.1. The fourth-order valence-corrected chi connectivity index (χ4v) is 5.39. The van der Waals surface area contributed by atoms with Crippen LogP contribution in [0, 0.1) is 6.92 Å². The number of carbonyl (C=O) groups excluding carboxylic acids is 3. The predicted molar refractivity (Wildman–Crippen MR) is 163 cm³/mol. The Hall–Kier alpha value is -4.75. The number of methoxy groups -OCH3 is 1. The zero-order valence-corrected chi connectivity index (χ0v) is 25.2. The number of likely N-dealkylation sites (tertiary alicyclic amines) is 1. The molecule has 3 heterocycles. The number of hydrogen-bond donors (Lipinski definition) is 3. The first-order valence-electron chi connectivity index (χ1n) is 14.2. The smallest absolute Gasteiger partial charge is 0.416 e. The highest BCUT2D eigenvalue weighted by Crippen LogP contribution is 2.34. The molecular formula is C32H33F3N6O4. The number of esters is 1. The highest BCUT2D eigenvalue weighted by Gasteiger charge is 2.35. The van der Waals surface area contributed by atoms with Gasteiger partial charge in [-0.05, 0) is 75.0 Å². The third-order valence-electron chi connectivity index (χ3n) is 7.92. The molecule has 0 bridgehead atoms. The van der Waals surface area contributed by atoms with E-state index < -0.39 is 29.5 Å². The van der Waals surface area contributed by atoms with E-state index in [4.69, 9.17) is 4.74 Å². The van der Waals surface area contributed by atoms with E-state index in [1.54, 1.807) is 31.2 Å². The molecule has 3 N–H and O–H groups in total. The Bertz CT molecular complexity index is 1770. The SMILES string of the molecule is COC(=O)c1cc2cc(NC(=O)c3cc(NC(=O)c4ccc(CN5CCC(N(C)C)C5)c(C(F)(F)F)c4)ccc3C)cnc2[nH]1. The molecule has 45 heavy (non-hydrogen) atoms. The molecule has 2 aromatic carbocycles. The van der Waals surface area contributed by atoms with Crippen LogP contribution in [0.15, 0.2) is 54.7 Å². The number of carbonyl (C=O) groups is 3. The molecule has 10 nitrogen and oxygen atoms in total. The minimum Gasteiger partial charge on any atom is -0.464 e. The van der Waals surface area contributed by atoms with Gasteiger partial charge in [-0.1, -0.05) is 12.1 Å². The molecule has 0 spiro atoms. The quantitative estimate of drug-likeness (QED) is 0.228. The lowest BCUT2D eigenvalue weighted by molar-refractivity contribution is -0.138. The van der Waals surface area contributed by atoms with Crippen LogP contribution in [0.1, 0.15) is 54.3 Å².